The molecule has 0 aliphatic heterocycles. The van der Waals surface area contributed by atoms with Crippen LogP contribution in [0.1, 0.15) is 25.1 Å². The van der Waals surface area contributed by atoms with Gasteiger partial charge in [0.15, 0.2) is 0 Å². The summed E-state index contributed by atoms with van der Waals surface area (Å²) in [6.45, 7) is 1.04. The number of nitrogens with zero attached hydrogens (tertiary/aromatic N) is 4. The number of aromatic nitrogens is 4. The van der Waals surface area contributed by atoms with Gasteiger partial charge in [0.1, 0.15) is 10.5 Å². The number of carbonyl (C=O) groups is 1. The summed E-state index contributed by atoms with van der Waals surface area (Å²) in [5, 5.41) is 20.8. The van der Waals surface area contributed by atoms with Gasteiger partial charge in [0.25, 0.3) is 5.56 Å². The third-order valence-electron chi connectivity index (χ3n) is 3.79. The standard InChI is InChI=1S/C15H18N4O4S/c1-23-8-3-7-18-14(22)13-10(6-9-24-13)19-11(16-17-15(18)19)4-2-5-12(20)21/h6,9H,2-5,7-8H2,1H3,(H,20,21)/p-1. The summed E-state index contributed by atoms with van der Waals surface area (Å²) in [5.74, 6) is 0.0431. The highest BCUT2D eigenvalue weighted by Gasteiger charge is 2.17. The van der Waals surface area contributed by atoms with E-state index in [2.05, 4.69) is 10.2 Å². The summed E-state index contributed by atoms with van der Waals surface area (Å²) in [7, 11) is 1.62. The van der Waals surface area contributed by atoms with Gasteiger partial charge in [-0.05, 0) is 30.7 Å². The fraction of sp³-hybridized carbons (Fsp3) is 0.467. The highest BCUT2D eigenvalue weighted by molar-refractivity contribution is 7.17. The molecule has 8 nitrogen and oxygen atoms in total. The number of carboxylic acids is 1. The smallest absolute Gasteiger partial charge is 0.272 e. The second-order valence-corrected chi connectivity index (χ2v) is 6.33. The molecule has 0 N–H and O–H groups in total. The summed E-state index contributed by atoms with van der Waals surface area (Å²) < 4.78 is 9.14. The Hall–Kier alpha value is -2.26. The van der Waals surface area contributed by atoms with E-state index >= 15 is 0 Å². The minimum Gasteiger partial charge on any atom is -0.550 e. The van der Waals surface area contributed by atoms with Crippen LogP contribution in [0.25, 0.3) is 16.0 Å². The molecule has 0 aromatic carbocycles. The average Bonchev–Trinajstić information content (AvgIpc) is 3.17. The Labute approximate surface area is 141 Å². The second kappa shape index (κ2) is 7.10. The third-order valence-corrected chi connectivity index (χ3v) is 4.68. The summed E-state index contributed by atoms with van der Waals surface area (Å²) in [6, 6.07) is 1.86. The first-order chi connectivity index (χ1) is 11.6. The maximum Gasteiger partial charge on any atom is 0.272 e. The number of rotatable bonds is 8. The number of carbonyl (C=O) groups excluding carboxylic acids is 1. The Morgan fingerprint density at radius 2 is 2.21 bits per heavy atom. The van der Waals surface area contributed by atoms with Gasteiger partial charge < -0.3 is 14.6 Å². The maximum atomic E-state index is 12.7. The molecule has 3 heterocycles. The molecule has 0 atom stereocenters. The van der Waals surface area contributed by atoms with Crippen LogP contribution in [0.3, 0.4) is 0 Å². The van der Waals surface area contributed by atoms with Crippen LogP contribution in [0.4, 0.5) is 0 Å². The molecule has 0 aliphatic carbocycles. The fourth-order valence-corrected chi connectivity index (χ4v) is 3.53. The van der Waals surface area contributed by atoms with Crippen LogP contribution in [0.2, 0.25) is 0 Å². The highest BCUT2D eigenvalue weighted by Crippen LogP contribution is 2.20. The molecule has 24 heavy (non-hydrogen) atoms. The van der Waals surface area contributed by atoms with E-state index in [0.29, 0.717) is 48.7 Å². The van der Waals surface area contributed by atoms with E-state index in [1.165, 1.54) is 11.3 Å². The molecule has 128 valence electrons. The zero-order chi connectivity index (χ0) is 17.1. The van der Waals surface area contributed by atoms with Crippen molar-refractivity contribution in [1.29, 1.82) is 0 Å². The molecule has 0 saturated heterocycles. The van der Waals surface area contributed by atoms with Crippen molar-refractivity contribution in [3.8, 4) is 0 Å². The molecule has 0 spiro atoms. The van der Waals surface area contributed by atoms with Gasteiger partial charge in [-0.1, -0.05) is 0 Å². The molecule has 9 heteroatoms. The van der Waals surface area contributed by atoms with Crippen molar-refractivity contribution < 1.29 is 14.6 Å². The highest BCUT2D eigenvalue weighted by atomic mass is 32.1. The number of methoxy groups -OCH3 is 1. The third kappa shape index (κ3) is 3.04. The van der Waals surface area contributed by atoms with E-state index in [1.54, 1.807) is 11.7 Å². The Bertz CT molecular complexity index is 927. The molecule has 0 fully saturated rings. The van der Waals surface area contributed by atoms with Crippen molar-refractivity contribution in [2.24, 2.45) is 0 Å². The monoisotopic (exact) mass is 349 g/mol. The van der Waals surface area contributed by atoms with Crippen molar-refractivity contribution in [2.45, 2.75) is 32.2 Å². The van der Waals surface area contributed by atoms with Gasteiger partial charge in [0.2, 0.25) is 5.78 Å². The Balaban J connectivity index is 2.06. The van der Waals surface area contributed by atoms with Crippen molar-refractivity contribution in [3.63, 3.8) is 0 Å². The largest absolute Gasteiger partial charge is 0.550 e. The van der Waals surface area contributed by atoms with Crippen LogP contribution in [-0.2, 0) is 22.5 Å². The minimum atomic E-state index is -1.08. The molecule has 3 aromatic rings. The van der Waals surface area contributed by atoms with Gasteiger partial charge in [0, 0.05) is 32.7 Å². The molecule has 0 saturated carbocycles. The van der Waals surface area contributed by atoms with Gasteiger partial charge in [-0.2, -0.15) is 0 Å². The molecule has 0 bridgehead atoms. The van der Waals surface area contributed by atoms with E-state index in [1.807, 2.05) is 15.8 Å². The lowest BCUT2D eigenvalue weighted by Crippen LogP contribution is -2.23. The quantitative estimate of drug-likeness (QED) is 0.539. The summed E-state index contributed by atoms with van der Waals surface area (Å²) in [4.78, 5) is 23.3. The van der Waals surface area contributed by atoms with Crippen LogP contribution in [0, 0.1) is 0 Å². The van der Waals surface area contributed by atoms with Crippen LogP contribution in [0.5, 0.6) is 0 Å². The lowest BCUT2D eigenvalue weighted by Gasteiger charge is -2.09. The number of thiophene rings is 1. The predicted octanol–water partition coefficient (Wildman–Crippen LogP) is 0.215. The topological polar surface area (TPSA) is 102 Å². The Morgan fingerprint density at radius 3 is 2.96 bits per heavy atom. The maximum absolute atomic E-state index is 12.7. The fourth-order valence-electron chi connectivity index (χ4n) is 2.70. The lowest BCUT2D eigenvalue weighted by atomic mass is 10.2. The number of aliphatic carboxylic acids is 1. The number of fused-ring (bicyclic) bond motifs is 3. The first kappa shape index (κ1) is 16.6. The van der Waals surface area contributed by atoms with Crippen molar-refractivity contribution in [2.75, 3.05) is 13.7 Å². The Kier molecular flexibility index (Phi) is 4.91. The van der Waals surface area contributed by atoms with Gasteiger partial charge in [0.05, 0.1) is 5.52 Å². The van der Waals surface area contributed by atoms with Crippen molar-refractivity contribution in [3.05, 3.63) is 27.6 Å². The zero-order valence-electron chi connectivity index (χ0n) is 13.2. The molecular formula is C15H17N4O4S-. The van der Waals surface area contributed by atoms with Gasteiger partial charge >= 0.3 is 0 Å². The van der Waals surface area contributed by atoms with Gasteiger partial charge in [-0.25, -0.2) is 0 Å². The number of aryl methyl sites for hydroxylation is 2. The number of carboxylic acid groups (broad SMARTS) is 1. The second-order valence-electron chi connectivity index (χ2n) is 5.42. The number of hydrogen-bond donors (Lipinski definition) is 0. The van der Waals surface area contributed by atoms with E-state index in [9.17, 15) is 14.7 Å². The summed E-state index contributed by atoms with van der Waals surface area (Å²) >= 11 is 1.38. The predicted molar refractivity (Wildman–Crippen MR) is 87.1 cm³/mol. The molecule has 3 aromatic heterocycles. The normalized spacial score (nSPS) is 11.5. The molecule has 0 unspecified atom stereocenters. The van der Waals surface area contributed by atoms with E-state index < -0.39 is 5.97 Å². The van der Waals surface area contributed by atoms with Crippen molar-refractivity contribution in [1.82, 2.24) is 19.2 Å². The lowest BCUT2D eigenvalue weighted by molar-refractivity contribution is -0.305. The van der Waals surface area contributed by atoms with Crippen molar-refractivity contribution >= 4 is 33.3 Å². The van der Waals surface area contributed by atoms with E-state index in [0.717, 1.165) is 5.52 Å². The molecule has 0 radical (unpaired) electrons. The average molecular weight is 349 g/mol. The SMILES string of the molecule is COCCCn1c(=O)c2sccc2n2c(CCCC(=O)[O-])nnc12. The van der Waals surface area contributed by atoms with Crippen LogP contribution >= 0.6 is 11.3 Å². The van der Waals surface area contributed by atoms with Crippen LogP contribution in [0.15, 0.2) is 16.2 Å². The van der Waals surface area contributed by atoms with Crippen LogP contribution in [-0.4, -0.2) is 38.9 Å². The first-order valence-corrected chi connectivity index (χ1v) is 8.54. The minimum absolute atomic E-state index is 0.0326. The summed E-state index contributed by atoms with van der Waals surface area (Å²) in [6.07, 6.45) is 1.53. The van der Waals surface area contributed by atoms with E-state index in [-0.39, 0.29) is 12.0 Å². The van der Waals surface area contributed by atoms with E-state index in [4.69, 9.17) is 4.74 Å². The Morgan fingerprint density at radius 1 is 1.38 bits per heavy atom. The summed E-state index contributed by atoms with van der Waals surface area (Å²) in [5.41, 5.74) is 0.675. The number of hydrogen-bond acceptors (Lipinski definition) is 7. The molecule has 0 aliphatic rings. The van der Waals surface area contributed by atoms with Crippen LogP contribution < -0.4 is 10.7 Å². The van der Waals surface area contributed by atoms with Gasteiger partial charge in [-0.3, -0.25) is 13.8 Å². The molecule has 3 rings (SSSR count). The van der Waals surface area contributed by atoms with Gasteiger partial charge in [-0.15, -0.1) is 21.5 Å². The number of ether oxygens (including phenoxy) is 1. The first-order valence-electron chi connectivity index (χ1n) is 7.66. The molecular weight excluding hydrogens is 332 g/mol. The molecule has 0 amide bonds. The zero-order valence-corrected chi connectivity index (χ0v) is 14.0.